The van der Waals surface area contributed by atoms with Crippen LogP contribution in [0.4, 0.5) is 0 Å². The highest BCUT2D eigenvalue weighted by atomic mass is 16.8. The van der Waals surface area contributed by atoms with Gasteiger partial charge in [0.1, 0.15) is 6.10 Å². The third kappa shape index (κ3) is 5.08. The zero-order valence-corrected chi connectivity index (χ0v) is 19.3. The van der Waals surface area contributed by atoms with Crippen LogP contribution >= 0.6 is 0 Å². The third-order valence-corrected chi connectivity index (χ3v) is 5.84. The summed E-state index contributed by atoms with van der Waals surface area (Å²) in [5, 5.41) is 10.2. The Morgan fingerprint density at radius 2 is 1.78 bits per heavy atom. The molecule has 6 nitrogen and oxygen atoms in total. The van der Waals surface area contributed by atoms with Crippen LogP contribution in [0.1, 0.15) is 70.4 Å². The smallest absolute Gasteiger partial charge is 0.343 e. The van der Waals surface area contributed by atoms with E-state index >= 15 is 0 Å². The van der Waals surface area contributed by atoms with E-state index < -0.39 is 23.5 Å². The maximum atomic E-state index is 12.5. The van der Waals surface area contributed by atoms with Gasteiger partial charge in [-0.25, -0.2) is 14.8 Å². The lowest BCUT2D eigenvalue weighted by Gasteiger charge is -2.29. The van der Waals surface area contributed by atoms with Crippen molar-refractivity contribution in [2.75, 3.05) is 0 Å². The fourth-order valence-corrected chi connectivity index (χ4v) is 4.30. The number of benzene rings is 1. The summed E-state index contributed by atoms with van der Waals surface area (Å²) in [5.74, 6) is -1.75. The highest BCUT2D eigenvalue weighted by molar-refractivity contribution is 5.84. The van der Waals surface area contributed by atoms with Crippen LogP contribution in [0.3, 0.4) is 0 Å². The van der Waals surface area contributed by atoms with Gasteiger partial charge in [-0.15, -0.1) is 6.58 Å². The summed E-state index contributed by atoms with van der Waals surface area (Å²) in [5.41, 5.74) is 0.406. The van der Waals surface area contributed by atoms with Gasteiger partial charge >= 0.3 is 5.97 Å². The molecular weight excluding hydrogens is 404 g/mol. The van der Waals surface area contributed by atoms with Crippen LogP contribution in [0.5, 0.6) is 0 Å². The molecule has 1 N–H and O–H groups in total. The molecule has 2 unspecified atom stereocenters. The number of unbranched alkanes of at least 4 members (excludes halogenated alkanes) is 5. The van der Waals surface area contributed by atoms with Crippen LogP contribution < -0.4 is 0 Å². The Morgan fingerprint density at radius 1 is 1.12 bits per heavy atom. The van der Waals surface area contributed by atoms with Crippen molar-refractivity contribution in [3.63, 3.8) is 0 Å². The lowest BCUT2D eigenvalue weighted by atomic mass is 9.84. The van der Waals surface area contributed by atoms with Crippen molar-refractivity contribution in [3.8, 4) is 11.4 Å². The normalized spacial score (nSPS) is 22.0. The standard InChI is InChI=1S/C26H34N2O4/c1-5-7-8-9-10-11-14-19-17-27-23(28-18-19)20-15-12-13-16-21(20)26(24(29)30)22(6-2)31-25(3,4)32-26/h6,12-13,15-18,22H,2,5,7-11,14H2,1,3-4H3,(H,29,30). The molecule has 2 heterocycles. The van der Waals surface area contributed by atoms with Gasteiger partial charge in [-0.1, -0.05) is 69.4 Å². The van der Waals surface area contributed by atoms with Crippen molar-refractivity contribution in [1.82, 2.24) is 9.97 Å². The minimum Gasteiger partial charge on any atom is -0.479 e. The topological polar surface area (TPSA) is 81.5 Å². The van der Waals surface area contributed by atoms with Crippen LogP contribution in [0.2, 0.25) is 0 Å². The zero-order valence-electron chi connectivity index (χ0n) is 19.3. The largest absolute Gasteiger partial charge is 0.479 e. The Labute approximate surface area is 190 Å². The minimum absolute atomic E-state index is 0.451. The zero-order chi connectivity index (χ0) is 23.2. The van der Waals surface area contributed by atoms with E-state index in [-0.39, 0.29) is 0 Å². The van der Waals surface area contributed by atoms with Gasteiger partial charge in [0.2, 0.25) is 5.60 Å². The number of hydrogen-bond donors (Lipinski definition) is 1. The van der Waals surface area contributed by atoms with Gasteiger partial charge in [0.15, 0.2) is 11.6 Å². The maximum Gasteiger partial charge on any atom is 0.343 e. The quantitative estimate of drug-likeness (QED) is 0.360. The Morgan fingerprint density at radius 3 is 2.44 bits per heavy atom. The van der Waals surface area contributed by atoms with Gasteiger partial charge in [0.05, 0.1) is 0 Å². The van der Waals surface area contributed by atoms with Crippen molar-refractivity contribution < 1.29 is 19.4 Å². The number of carboxylic acids is 1. The molecular formula is C26H34N2O4. The van der Waals surface area contributed by atoms with Crippen LogP contribution in [0.15, 0.2) is 49.3 Å². The van der Waals surface area contributed by atoms with Crippen LogP contribution in [0, 0.1) is 0 Å². The predicted octanol–water partition coefficient (Wildman–Crippen LogP) is 5.66. The lowest BCUT2D eigenvalue weighted by Crippen LogP contribution is -2.45. The molecule has 1 aliphatic heterocycles. The van der Waals surface area contributed by atoms with Crippen molar-refractivity contribution >= 4 is 5.97 Å². The second kappa shape index (κ2) is 10.4. The first-order chi connectivity index (χ1) is 15.3. The first-order valence-corrected chi connectivity index (χ1v) is 11.5. The van der Waals surface area contributed by atoms with Crippen molar-refractivity contribution in [2.45, 2.75) is 83.2 Å². The summed E-state index contributed by atoms with van der Waals surface area (Å²) in [6, 6.07) is 7.17. The number of ether oxygens (including phenoxy) is 2. The maximum absolute atomic E-state index is 12.5. The van der Waals surface area contributed by atoms with Gasteiger partial charge in [-0.3, -0.25) is 0 Å². The SMILES string of the molecule is C=CC1OC(C)(C)OC1(C(=O)O)c1ccccc1-c1ncc(CCCCCCCC)cn1. The summed E-state index contributed by atoms with van der Waals surface area (Å²) in [4.78, 5) is 21.7. The van der Waals surface area contributed by atoms with Crippen molar-refractivity contribution in [3.05, 3.63) is 60.4 Å². The van der Waals surface area contributed by atoms with E-state index in [1.54, 1.807) is 26.0 Å². The fourth-order valence-electron chi connectivity index (χ4n) is 4.30. The van der Waals surface area contributed by atoms with Crippen molar-refractivity contribution in [2.24, 2.45) is 0 Å². The molecule has 0 bridgehead atoms. The number of nitrogens with zero attached hydrogens (tertiary/aromatic N) is 2. The second-order valence-electron chi connectivity index (χ2n) is 8.80. The minimum atomic E-state index is -1.73. The molecule has 1 aromatic carbocycles. The third-order valence-electron chi connectivity index (χ3n) is 5.84. The molecule has 6 heteroatoms. The van der Waals surface area contributed by atoms with Gasteiger partial charge in [0, 0.05) is 23.5 Å². The molecule has 1 aliphatic rings. The molecule has 0 aliphatic carbocycles. The van der Waals surface area contributed by atoms with Crippen molar-refractivity contribution in [1.29, 1.82) is 0 Å². The monoisotopic (exact) mass is 438 g/mol. The van der Waals surface area contributed by atoms with E-state index in [4.69, 9.17) is 9.47 Å². The first-order valence-electron chi connectivity index (χ1n) is 11.5. The summed E-state index contributed by atoms with van der Waals surface area (Å²) in [7, 11) is 0. The van der Waals surface area contributed by atoms with Crippen LogP contribution in [-0.2, 0) is 26.3 Å². The number of aromatic nitrogens is 2. The molecule has 0 spiro atoms. The first kappa shape index (κ1) is 24.1. The van der Waals surface area contributed by atoms with E-state index in [1.165, 1.54) is 38.2 Å². The lowest BCUT2D eigenvalue weighted by molar-refractivity contribution is -0.187. The Balaban J connectivity index is 1.85. The van der Waals surface area contributed by atoms with Gasteiger partial charge < -0.3 is 14.6 Å². The summed E-state index contributed by atoms with van der Waals surface area (Å²) < 4.78 is 11.9. The van der Waals surface area contributed by atoms with Crippen LogP contribution in [0.25, 0.3) is 11.4 Å². The number of aliphatic carboxylic acids is 1. The van der Waals surface area contributed by atoms with Gasteiger partial charge in [-0.05, 0) is 32.3 Å². The summed E-state index contributed by atoms with van der Waals surface area (Å²) >= 11 is 0. The van der Waals surface area contributed by atoms with Gasteiger partial charge in [0.25, 0.3) is 0 Å². The molecule has 1 saturated heterocycles. The highest BCUT2D eigenvalue weighted by Crippen LogP contribution is 2.47. The predicted molar refractivity (Wildman–Crippen MR) is 124 cm³/mol. The van der Waals surface area contributed by atoms with E-state index in [9.17, 15) is 9.90 Å². The Bertz CT molecular complexity index is 926. The highest BCUT2D eigenvalue weighted by Gasteiger charge is 2.59. The molecule has 1 fully saturated rings. The molecule has 2 atom stereocenters. The Kier molecular flexibility index (Phi) is 7.80. The molecule has 2 aromatic rings. The Hall–Kier alpha value is -2.57. The summed E-state index contributed by atoms with van der Waals surface area (Å²) in [6.07, 6.45) is 12.7. The molecule has 0 amide bonds. The van der Waals surface area contributed by atoms with Crippen LogP contribution in [-0.4, -0.2) is 32.9 Å². The average Bonchev–Trinajstić information content (AvgIpc) is 3.08. The molecule has 3 rings (SSSR count). The van der Waals surface area contributed by atoms with Gasteiger partial charge in [-0.2, -0.15) is 0 Å². The molecule has 32 heavy (non-hydrogen) atoms. The average molecular weight is 439 g/mol. The van der Waals surface area contributed by atoms with E-state index in [1.807, 2.05) is 24.5 Å². The molecule has 1 aromatic heterocycles. The number of carbonyl (C=O) groups is 1. The molecule has 0 saturated carbocycles. The number of rotatable bonds is 11. The molecule has 172 valence electrons. The van der Waals surface area contributed by atoms with E-state index in [2.05, 4.69) is 23.5 Å². The number of carboxylic acid groups (broad SMARTS) is 1. The summed E-state index contributed by atoms with van der Waals surface area (Å²) in [6.45, 7) is 9.40. The fraction of sp³-hybridized carbons (Fsp3) is 0.500. The number of hydrogen-bond acceptors (Lipinski definition) is 5. The van der Waals surface area contributed by atoms with E-state index in [0.717, 1.165) is 18.4 Å². The van der Waals surface area contributed by atoms with E-state index in [0.29, 0.717) is 17.0 Å². The number of aryl methyl sites for hydroxylation is 1. The second-order valence-corrected chi connectivity index (χ2v) is 8.80. The molecule has 0 radical (unpaired) electrons.